The predicted molar refractivity (Wildman–Crippen MR) is 77.9 cm³/mol. The van der Waals surface area contributed by atoms with E-state index in [4.69, 9.17) is 5.73 Å². The molecule has 0 aliphatic rings. The minimum Gasteiger partial charge on any atom is -0.384 e. The fraction of sp³-hybridized carbons (Fsp3) is 0.364. The minimum atomic E-state index is -3.71. The van der Waals surface area contributed by atoms with Crippen molar-refractivity contribution in [2.45, 2.75) is 25.2 Å². The lowest BCUT2D eigenvalue weighted by atomic mass is 10.1. The van der Waals surface area contributed by atoms with E-state index in [9.17, 15) is 8.42 Å². The zero-order valence-electron chi connectivity index (χ0n) is 11.1. The average molecular weight is 313 g/mol. The van der Waals surface area contributed by atoms with Gasteiger partial charge >= 0.3 is 0 Å². The molecule has 0 aromatic carbocycles. The molecule has 2 heterocycles. The number of nitrogens with zero attached hydrogens (tertiary/aromatic N) is 3. The Morgan fingerprint density at radius 2 is 2.15 bits per heavy atom. The number of nitrogen functional groups attached to an aromatic ring is 1. The van der Waals surface area contributed by atoms with E-state index in [-0.39, 0.29) is 15.8 Å². The highest BCUT2D eigenvalue weighted by Gasteiger charge is 2.17. The molecule has 0 fully saturated rings. The SMILES string of the molecule is CC(C)Cc1nnc(NS(=O)(=O)c2ccnc(N)c2)s1. The Kier molecular flexibility index (Phi) is 4.19. The zero-order valence-corrected chi connectivity index (χ0v) is 12.7. The maximum Gasteiger partial charge on any atom is 0.263 e. The monoisotopic (exact) mass is 313 g/mol. The van der Waals surface area contributed by atoms with Crippen LogP contribution in [-0.2, 0) is 16.4 Å². The lowest BCUT2D eigenvalue weighted by Crippen LogP contribution is -2.13. The van der Waals surface area contributed by atoms with Crippen LogP contribution in [0.2, 0.25) is 0 Å². The van der Waals surface area contributed by atoms with Gasteiger partial charge in [0.05, 0.1) is 4.90 Å². The summed E-state index contributed by atoms with van der Waals surface area (Å²) in [5, 5.41) is 8.83. The minimum absolute atomic E-state index is 0.0469. The van der Waals surface area contributed by atoms with Crippen LogP contribution in [0.5, 0.6) is 0 Å². The van der Waals surface area contributed by atoms with E-state index < -0.39 is 10.0 Å². The Morgan fingerprint density at radius 3 is 2.80 bits per heavy atom. The van der Waals surface area contributed by atoms with E-state index in [0.29, 0.717) is 5.92 Å². The topological polar surface area (TPSA) is 111 Å². The van der Waals surface area contributed by atoms with Crippen LogP contribution in [0, 0.1) is 5.92 Å². The summed E-state index contributed by atoms with van der Waals surface area (Å²) in [6.45, 7) is 4.12. The van der Waals surface area contributed by atoms with Gasteiger partial charge in [0, 0.05) is 18.7 Å². The van der Waals surface area contributed by atoms with Crippen LogP contribution in [0.4, 0.5) is 10.9 Å². The smallest absolute Gasteiger partial charge is 0.263 e. The molecule has 0 amide bonds. The van der Waals surface area contributed by atoms with Crippen molar-refractivity contribution >= 4 is 32.3 Å². The van der Waals surface area contributed by atoms with E-state index >= 15 is 0 Å². The lowest BCUT2D eigenvalue weighted by molar-refractivity contribution is 0.601. The number of anilines is 2. The Bertz CT molecular complexity index is 696. The maximum absolute atomic E-state index is 12.1. The van der Waals surface area contributed by atoms with Gasteiger partial charge in [0.15, 0.2) is 0 Å². The predicted octanol–water partition coefficient (Wildman–Crippen LogP) is 1.51. The van der Waals surface area contributed by atoms with Crippen molar-refractivity contribution in [3.05, 3.63) is 23.3 Å². The maximum atomic E-state index is 12.1. The fourth-order valence-electron chi connectivity index (χ4n) is 1.50. The van der Waals surface area contributed by atoms with E-state index in [1.807, 2.05) is 0 Å². The molecule has 7 nitrogen and oxygen atoms in total. The average Bonchev–Trinajstić information content (AvgIpc) is 2.74. The van der Waals surface area contributed by atoms with Crippen LogP contribution >= 0.6 is 11.3 Å². The molecule has 0 aliphatic heterocycles. The number of hydrogen-bond donors (Lipinski definition) is 2. The standard InChI is InChI=1S/C11H15N5O2S2/c1-7(2)5-10-14-15-11(19-10)16-20(17,18)8-3-4-13-9(12)6-8/h3-4,6-7H,5H2,1-2H3,(H2,12,13)(H,15,16). The van der Waals surface area contributed by atoms with Crippen LogP contribution in [-0.4, -0.2) is 23.6 Å². The molecule has 108 valence electrons. The molecule has 0 saturated carbocycles. The first kappa shape index (κ1) is 14.7. The van der Waals surface area contributed by atoms with Crippen LogP contribution in [0.1, 0.15) is 18.9 Å². The fourth-order valence-corrected chi connectivity index (χ4v) is 3.70. The molecule has 0 atom stereocenters. The van der Waals surface area contributed by atoms with Gasteiger partial charge in [-0.05, 0) is 12.0 Å². The van der Waals surface area contributed by atoms with Crippen molar-refractivity contribution in [1.82, 2.24) is 15.2 Å². The molecule has 2 aromatic rings. The molecule has 2 aromatic heterocycles. The first-order valence-corrected chi connectivity index (χ1v) is 8.23. The number of rotatable bonds is 5. The largest absolute Gasteiger partial charge is 0.384 e. The number of sulfonamides is 1. The highest BCUT2D eigenvalue weighted by atomic mass is 32.2. The number of pyridine rings is 1. The molecule has 0 unspecified atom stereocenters. The number of hydrogen-bond acceptors (Lipinski definition) is 7. The second-order valence-corrected chi connectivity index (χ2v) is 7.37. The highest BCUT2D eigenvalue weighted by molar-refractivity contribution is 7.93. The summed E-state index contributed by atoms with van der Waals surface area (Å²) in [5.74, 6) is 0.582. The van der Waals surface area contributed by atoms with Crippen molar-refractivity contribution in [1.29, 1.82) is 0 Å². The van der Waals surface area contributed by atoms with Gasteiger partial charge in [0.25, 0.3) is 10.0 Å². The van der Waals surface area contributed by atoms with Gasteiger partial charge in [0.2, 0.25) is 5.13 Å². The van der Waals surface area contributed by atoms with Gasteiger partial charge in [0.1, 0.15) is 10.8 Å². The van der Waals surface area contributed by atoms with Gasteiger partial charge < -0.3 is 5.73 Å². The molecule has 0 radical (unpaired) electrons. The summed E-state index contributed by atoms with van der Waals surface area (Å²) in [5.41, 5.74) is 5.48. The molecule has 20 heavy (non-hydrogen) atoms. The van der Waals surface area contributed by atoms with Crippen molar-refractivity contribution in [2.75, 3.05) is 10.5 Å². The third-order valence-electron chi connectivity index (χ3n) is 2.33. The van der Waals surface area contributed by atoms with E-state index in [1.165, 1.54) is 29.7 Å². The van der Waals surface area contributed by atoms with E-state index in [2.05, 4.69) is 33.8 Å². The normalized spacial score (nSPS) is 11.8. The number of nitrogens with one attached hydrogen (secondary N) is 1. The third-order valence-corrected chi connectivity index (χ3v) is 4.66. The molecular weight excluding hydrogens is 298 g/mol. The Labute approximate surface area is 121 Å². The highest BCUT2D eigenvalue weighted by Crippen LogP contribution is 2.22. The second kappa shape index (κ2) is 5.71. The molecule has 0 saturated heterocycles. The summed E-state index contributed by atoms with van der Waals surface area (Å²) in [6, 6.07) is 2.66. The molecular formula is C11H15N5O2S2. The molecule has 2 rings (SSSR count). The van der Waals surface area contributed by atoms with Crippen LogP contribution in [0.25, 0.3) is 0 Å². The number of nitrogens with two attached hydrogens (primary N) is 1. The van der Waals surface area contributed by atoms with Crippen LogP contribution in [0.15, 0.2) is 23.2 Å². The quantitative estimate of drug-likeness (QED) is 0.865. The summed E-state index contributed by atoms with van der Waals surface area (Å²) in [6.07, 6.45) is 2.11. The zero-order chi connectivity index (χ0) is 14.8. The first-order chi connectivity index (χ1) is 9.37. The van der Waals surface area contributed by atoms with E-state index in [1.54, 1.807) is 0 Å². The van der Waals surface area contributed by atoms with Crippen molar-refractivity contribution in [2.24, 2.45) is 5.92 Å². The Hall–Kier alpha value is -1.74. The molecule has 3 N–H and O–H groups in total. The van der Waals surface area contributed by atoms with Gasteiger partial charge in [-0.25, -0.2) is 13.4 Å². The third kappa shape index (κ3) is 3.64. The van der Waals surface area contributed by atoms with Gasteiger partial charge in [-0.2, -0.15) is 0 Å². The number of aromatic nitrogens is 3. The van der Waals surface area contributed by atoms with Crippen LogP contribution in [0.3, 0.4) is 0 Å². The van der Waals surface area contributed by atoms with Crippen molar-refractivity contribution < 1.29 is 8.42 Å². The molecule has 0 aliphatic carbocycles. The van der Waals surface area contributed by atoms with Crippen molar-refractivity contribution in [3.63, 3.8) is 0 Å². The van der Waals surface area contributed by atoms with E-state index in [0.717, 1.165) is 11.4 Å². The Balaban J connectivity index is 2.18. The van der Waals surface area contributed by atoms with Gasteiger partial charge in [-0.15, -0.1) is 10.2 Å². The summed E-state index contributed by atoms with van der Waals surface area (Å²) in [7, 11) is -3.71. The molecule has 0 spiro atoms. The Morgan fingerprint density at radius 1 is 1.40 bits per heavy atom. The summed E-state index contributed by atoms with van der Waals surface area (Å²) < 4.78 is 26.6. The van der Waals surface area contributed by atoms with Gasteiger partial charge in [-0.1, -0.05) is 25.2 Å². The van der Waals surface area contributed by atoms with Gasteiger partial charge in [-0.3, -0.25) is 4.72 Å². The lowest BCUT2D eigenvalue weighted by Gasteiger charge is -2.04. The second-order valence-electron chi connectivity index (χ2n) is 4.62. The summed E-state index contributed by atoms with van der Waals surface area (Å²) >= 11 is 1.23. The summed E-state index contributed by atoms with van der Waals surface area (Å²) in [4.78, 5) is 3.80. The molecule has 0 bridgehead atoms. The van der Waals surface area contributed by atoms with Crippen molar-refractivity contribution in [3.8, 4) is 0 Å². The molecule has 9 heteroatoms. The first-order valence-electron chi connectivity index (χ1n) is 5.93. The van der Waals surface area contributed by atoms with Crippen LogP contribution < -0.4 is 10.5 Å².